The molecule has 0 fully saturated rings. The SMILES string of the molecule is Cc1ncsc1C(O)c1cnccc1C(F)(F)F. The number of aromatic nitrogens is 2. The Kier molecular flexibility index (Phi) is 3.36. The highest BCUT2D eigenvalue weighted by molar-refractivity contribution is 7.09. The Hall–Kier alpha value is -1.47. The van der Waals surface area contributed by atoms with Gasteiger partial charge in [-0.1, -0.05) is 0 Å². The molecule has 0 bridgehead atoms. The zero-order valence-electron chi connectivity index (χ0n) is 9.27. The number of hydrogen-bond acceptors (Lipinski definition) is 4. The lowest BCUT2D eigenvalue weighted by Crippen LogP contribution is -2.13. The molecule has 1 unspecified atom stereocenters. The van der Waals surface area contributed by atoms with E-state index in [0.717, 1.165) is 29.8 Å². The number of halogens is 3. The van der Waals surface area contributed by atoms with Crippen molar-refractivity contribution in [1.29, 1.82) is 0 Å². The Bertz CT molecular complexity index is 553. The molecule has 0 aromatic carbocycles. The predicted octanol–water partition coefficient (Wildman–Crippen LogP) is 2.95. The lowest BCUT2D eigenvalue weighted by molar-refractivity contribution is -0.139. The summed E-state index contributed by atoms with van der Waals surface area (Å²) in [4.78, 5) is 7.95. The maximum absolute atomic E-state index is 12.8. The molecule has 3 nitrogen and oxygen atoms in total. The molecule has 2 aromatic rings. The van der Waals surface area contributed by atoms with Gasteiger partial charge in [0.2, 0.25) is 0 Å². The van der Waals surface area contributed by atoms with E-state index >= 15 is 0 Å². The molecule has 0 saturated heterocycles. The molecule has 2 aromatic heterocycles. The van der Waals surface area contributed by atoms with Crippen LogP contribution < -0.4 is 0 Å². The topological polar surface area (TPSA) is 46.0 Å². The average Bonchev–Trinajstić information content (AvgIpc) is 2.73. The van der Waals surface area contributed by atoms with Crippen LogP contribution in [0, 0.1) is 6.92 Å². The van der Waals surface area contributed by atoms with E-state index < -0.39 is 17.8 Å². The summed E-state index contributed by atoms with van der Waals surface area (Å²) in [5, 5.41) is 10.0. The molecule has 0 aliphatic heterocycles. The van der Waals surface area contributed by atoms with Crippen LogP contribution in [0.25, 0.3) is 0 Å². The van der Waals surface area contributed by atoms with Gasteiger partial charge in [-0.2, -0.15) is 13.2 Å². The van der Waals surface area contributed by atoms with Gasteiger partial charge in [0, 0.05) is 18.0 Å². The molecule has 0 spiro atoms. The quantitative estimate of drug-likeness (QED) is 0.915. The van der Waals surface area contributed by atoms with Crippen LogP contribution in [-0.2, 0) is 6.18 Å². The van der Waals surface area contributed by atoms with Gasteiger partial charge >= 0.3 is 6.18 Å². The number of alkyl halides is 3. The van der Waals surface area contributed by atoms with Gasteiger partial charge in [0.05, 0.1) is 21.6 Å². The summed E-state index contributed by atoms with van der Waals surface area (Å²) in [6.07, 6.45) is -3.79. The molecule has 0 saturated carbocycles. The first kappa shape index (κ1) is 13.0. The van der Waals surface area contributed by atoms with E-state index in [-0.39, 0.29) is 5.56 Å². The van der Waals surface area contributed by atoms with Gasteiger partial charge in [-0.3, -0.25) is 4.98 Å². The minimum atomic E-state index is -4.52. The van der Waals surface area contributed by atoms with E-state index in [2.05, 4.69) is 9.97 Å². The van der Waals surface area contributed by atoms with Crippen LogP contribution in [0.4, 0.5) is 13.2 Å². The molecule has 96 valence electrons. The van der Waals surface area contributed by atoms with Crippen molar-refractivity contribution in [2.75, 3.05) is 0 Å². The summed E-state index contributed by atoms with van der Waals surface area (Å²) in [7, 11) is 0. The summed E-state index contributed by atoms with van der Waals surface area (Å²) in [5.74, 6) is 0. The summed E-state index contributed by atoms with van der Waals surface area (Å²) in [6.45, 7) is 1.64. The van der Waals surface area contributed by atoms with Gasteiger partial charge in [-0.05, 0) is 13.0 Å². The van der Waals surface area contributed by atoms with E-state index in [1.54, 1.807) is 6.92 Å². The number of aryl methyl sites for hydroxylation is 1. The van der Waals surface area contributed by atoms with Crippen molar-refractivity contribution < 1.29 is 18.3 Å². The summed E-state index contributed by atoms with van der Waals surface area (Å²) >= 11 is 1.12. The molecule has 18 heavy (non-hydrogen) atoms. The van der Waals surface area contributed by atoms with Crippen LogP contribution in [0.2, 0.25) is 0 Å². The van der Waals surface area contributed by atoms with Gasteiger partial charge in [0.25, 0.3) is 0 Å². The second kappa shape index (κ2) is 4.66. The molecule has 0 radical (unpaired) electrons. The van der Waals surface area contributed by atoms with E-state index in [1.807, 2.05) is 0 Å². The molecular weight excluding hydrogens is 265 g/mol. The largest absolute Gasteiger partial charge is 0.416 e. The minimum absolute atomic E-state index is 0.252. The Morgan fingerprint density at radius 3 is 2.67 bits per heavy atom. The Balaban J connectivity index is 2.49. The molecule has 2 rings (SSSR count). The summed E-state index contributed by atoms with van der Waals surface area (Å²) < 4.78 is 38.4. The standard InChI is InChI=1S/C11H9F3N2OS/c1-6-10(18-5-16-6)9(17)7-4-15-3-2-8(7)11(12,13)14/h2-5,9,17H,1H3. The predicted molar refractivity (Wildman–Crippen MR) is 60.2 cm³/mol. The Morgan fingerprint density at radius 2 is 2.11 bits per heavy atom. The first-order valence-electron chi connectivity index (χ1n) is 5.00. The highest BCUT2D eigenvalue weighted by Gasteiger charge is 2.35. The van der Waals surface area contributed by atoms with E-state index in [1.165, 1.54) is 5.51 Å². The van der Waals surface area contributed by atoms with Crippen molar-refractivity contribution in [3.63, 3.8) is 0 Å². The number of nitrogens with zero attached hydrogens (tertiary/aromatic N) is 2. The number of thiazole rings is 1. The van der Waals surface area contributed by atoms with E-state index in [4.69, 9.17) is 0 Å². The van der Waals surface area contributed by atoms with Crippen molar-refractivity contribution in [2.45, 2.75) is 19.2 Å². The highest BCUT2D eigenvalue weighted by Crippen LogP contribution is 2.37. The highest BCUT2D eigenvalue weighted by atomic mass is 32.1. The Labute approximate surface area is 105 Å². The fourth-order valence-electron chi connectivity index (χ4n) is 1.60. The monoisotopic (exact) mass is 274 g/mol. The third kappa shape index (κ3) is 2.37. The molecule has 1 N–H and O–H groups in total. The third-order valence-corrected chi connectivity index (χ3v) is 3.47. The zero-order valence-corrected chi connectivity index (χ0v) is 10.1. The number of hydrogen-bond donors (Lipinski definition) is 1. The zero-order chi connectivity index (χ0) is 13.3. The molecule has 0 amide bonds. The number of aliphatic hydroxyl groups excluding tert-OH is 1. The molecule has 7 heteroatoms. The van der Waals surface area contributed by atoms with Gasteiger partial charge < -0.3 is 5.11 Å². The van der Waals surface area contributed by atoms with E-state index in [0.29, 0.717) is 10.6 Å². The molecule has 0 aliphatic carbocycles. The van der Waals surface area contributed by atoms with Crippen molar-refractivity contribution in [3.05, 3.63) is 45.7 Å². The first-order chi connectivity index (χ1) is 8.41. The fraction of sp³-hybridized carbons (Fsp3) is 0.273. The van der Waals surface area contributed by atoms with Crippen molar-refractivity contribution in [1.82, 2.24) is 9.97 Å². The summed E-state index contributed by atoms with van der Waals surface area (Å²) in [6, 6.07) is 0.856. The molecular formula is C11H9F3N2OS. The molecule has 0 aliphatic rings. The maximum atomic E-state index is 12.8. The number of aliphatic hydroxyl groups is 1. The smallest absolute Gasteiger partial charge is 0.383 e. The lowest BCUT2D eigenvalue weighted by atomic mass is 10.0. The van der Waals surface area contributed by atoms with Crippen LogP contribution in [0.15, 0.2) is 24.0 Å². The Morgan fingerprint density at radius 1 is 1.39 bits per heavy atom. The van der Waals surface area contributed by atoms with Crippen LogP contribution in [0.5, 0.6) is 0 Å². The van der Waals surface area contributed by atoms with Crippen molar-refractivity contribution in [2.24, 2.45) is 0 Å². The number of rotatable bonds is 2. The van der Waals surface area contributed by atoms with Crippen LogP contribution in [0.1, 0.15) is 27.8 Å². The number of pyridine rings is 1. The lowest BCUT2D eigenvalue weighted by Gasteiger charge is -2.16. The first-order valence-corrected chi connectivity index (χ1v) is 5.88. The van der Waals surface area contributed by atoms with Crippen LogP contribution in [0.3, 0.4) is 0 Å². The molecule has 2 heterocycles. The van der Waals surface area contributed by atoms with Crippen LogP contribution in [-0.4, -0.2) is 15.1 Å². The maximum Gasteiger partial charge on any atom is 0.416 e. The third-order valence-electron chi connectivity index (χ3n) is 2.48. The van der Waals surface area contributed by atoms with Gasteiger partial charge in [-0.25, -0.2) is 4.98 Å². The average molecular weight is 274 g/mol. The van der Waals surface area contributed by atoms with Crippen molar-refractivity contribution >= 4 is 11.3 Å². The van der Waals surface area contributed by atoms with Crippen LogP contribution >= 0.6 is 11.3 Å². The van der Waals surface area contributed by atoms with Gasteiger partial charge in [-0.15, -0.1) is 11.3 Å². The second-order valence-corrected chi connectivity index (χ2v) is 4.55. The van der Waals surface area contributed by atoms with Crippen molar-refractivity contribution in [3.8, 4) is 0 Å². The van der Waals surface area contributed by atoms with Gasteiger partial charge in [0.15, 0.2) is 0 Å². The fourth-order valence-corrected chi connectivity index (χ4v) is 2.40. The minimum Gasteiger partial charge on any atom is -0.383 e. The second-order valence-electron chi connectivity index (χ2n) is 3.67. The normalized spacial score (nSPS) is 13.6. The van der Waals surface area contributed by atoms with E-state index in [9.17, 15) is 18.3 Å². The van der Waals surface area contributed by atoms with Gasteiger partial charge in [0.1, 0.15) is 6.10 Å². The summed E-state index contributed by atoms with van der Waals surface area (Å²) in [5.41, 5.74) is 0.872. The molecule has 1 atom stereocenters.